The second-order valence-electron chi connectivity index (χ2n) is 5.07. The summed E-state index contributed by atoms with van der Waals surface area (Å²) >= 11 is 7.83. The van der Waals surface area contributed by atoms with E-state index < -0.39 is 0 Å². The van der Waals surface area contributed by atoms with Gasteiger partial charge in [0.15, 0.2) is 0 Å². The van der Waals surface area contributed by atoms with Gasteiger partial charge in [0.2, 0.25) is 0 Å². The molecule has 17 heavy (non-hydrogen) atoms. The topological polar surface area (TPSA) is 12.0 Å². The first kappa shape index (κ1) is 14.6. The quantitative estimate of drug-likeness (QED) is 0.629. The summed E-state index contributed by atoms with van der Waals surface area (Å²) in [5.74, 6) is 0.896. The maximum atomic E-state index is 6.09. The van der Waals surface area contributed by atoms with Crippen molar-refractivity contribution in [3.63, 3.8) is 0 Å². The molecule has 1 nitrogen and oxygen atoms in total. The van der Waals surface area contributed by atoms with Crippen molar-refractivity contribution < 1.29 is 0 Å². The van der Waals surface area contributed by atoms with Crippen LogP contribution in [0.4, 0.5) is 0 Å². The molecule has 0 radical (unpaired) electrons. The SMILES string of the molecule is C=C(CNC(C)(C)C)CSc1ccccc1Cl. The Bertz CT molecular complexity index is 382. The third kappa shape index (κ3) is 6.16. The van der Waals surface area contributed by atoms with Crippen LogP contribution in [0.1, 0.15) is 20.8 Å². The Labute approximate surface area is 114 Å². The largest absolute Gasteiger partial charge is 0.308 e. The molecule has 0 heterocycles. The number of benzene rings is 1. The van der Waals surface area contributed by atoms with Gasteiger partial charge in [-0.15, -0.1) is 11.8 Å². The molecule has 0 aliphatic rings. The summed E-state index contributed by atoms with van der Waals surface area (Å²) in [5.41, 5.74) is 1.32. The van der Waals surface area contributed by atoms with Crippen molar-refractivity contribution in [3.05, 3.63) is 41.4 Å². The van der Waals surface area contributed by atoms with Crippen molar-refractivity contribution >= 4 is 23.4 Å². The number of hydrogen-bond acceptors (Lipinski definition) is 2. The highest BCUT2D eigenvalue weighted by atomic mass is 35.5. The van der Waals surface area contributed by atoms with Crippen LogP contribution in [-0.2, 0) is 0 Å². The Morgan fingerprint density at radius 3 is 2.59 bits per heavy atom. The molecule has 0 saturated heterocycles. The fourth-order valence-electron chi connectivity index (χ4n) is 1.18. The summed E-state index contributed by atoms with van der Waals surface area (Å²) in [6, 6.07) is 7.91. The molecule has 0 spiro atoms. The molecule has 1 aromatic rings. The standard InChI is InChI=1S/C14H20ClNS/c1-11(9-16-14(2,3)4)10-17-13-8-6-5-7-12(13)15/h5-8,16H,1,9-10H2,2-4H3. The Morgan fingerprint density at radius 1 is 1.35 bits per heavy atom. The molecule has 1 N–H and O–H groups in total. The second kappa shape index (κ2) is 6.48. The van der Waals surface area contributed by atoms with E-state index in [4.69, 9.17) is 11.6 Å². The van der Waals surface area contributed by atoms with Gasteiger partial charge < -0.3 is 5.32 Å². The minimum Gasteiger partial charge on any atom is -0.308 e. The highest BCUT2D eigenvalue weighted by Crippen LogP contribution is 2.27. The van der Waals surface area contributed by atoms with E-state index in [1.165, 1.54) is 5.57 Å². The highest BCUT2D eigenvalue weighted by molar-refractivity contribution is 7.99. The van der Waals surface area contributed by atoms with E-state index >= 15 is 0 Å². The van der Waals surface area contributed by atoms with Gasteiger partial charge in [-0.3, -0.25) is 0 Å². The van der Waals surface area contributed by atoms with Gasteiger partial charge in [-0.05, 0) is 32.9 Å². The number of nitrogens with one attached hydrogen (secondary N) is 1. The van der Waals surface area contributed by atoms with Gasteiger partial charge in [-0.25, -0.2) is 0 Å². The van der Waals surface area contributed by atoms with E-state index in [2.05, 4.69) is 32.7 Å². The molecule has 0 aliphatic heterocycles. The first-order valence-electron chi connectivity index (χ1n) is 5.67. The van der Waals surface area contributed by atoms with Crippen LogP contribution in [0.3, 0.4) is 0 Å². The number of rotatable bonds is 5. The average molecular weight is 270 g/mol. The van der Waals surface area contributed by atoms with E-state index in [1.807, 2.05) is 24.3 Å². The maximum Gasteiger partial charge on any atom is 0.0541 e. The Balaban J connectivity index is 2.36. The second-order valence-corrected chi connectivity index (χ2v) is 6.50. The predicted molar refractivity (Wildman–Crippen MR) is 79.1 cm³/mol. The molecule has 0 fully saturated rings. The van der Waals surface area contributed by atoms with Crippen LogP contribution < -0.4 is 5.32 Å². The van der Waals surface area contributed by atoms with E-state index in [-0.39, 0.29) is 5.54 Å². The van der Waals surface area contributed by atoms with Crippen LogP contribution in [0, 0.1) is 0 Å². The number of halogens is 1. The van der Waals surface area contributed by atoms with E-state index in [1.54, 1.807) is 11.8 Å². The van der Waals surface area contributed by atoms with Crippen molar-refractivity contribution in [1.82, 2.24) is 5.32 Å². The molecule has 0 unspecified atom stereocenters. The molecular weight excluding hydrogens is 250 g/mol. The molecule has 0 amide bonds. The van der Waals surface area contributed by atoms with Crippen molar-refractivity contribution in [2.75, 3.05) is 12.3 Å². The van der Waals surface area contributed by atoms with Gasteiger partial charge in [-0.2, -0.15) is 0 Å². The number of hydrogen-bond donors (Lipinski definition) is 1. The number of thioether (sulfide) groups is 1. The van der Waals surface area contributed by atoms with Crippen LogP contribution >= 0.6 is 23.4 Å². The van der Waals surface area contributed by atoms with Gasteiger partial charge in [-0.1, -0.05) is 35.9 Å². The summed E-state index contributed by atoms with van der Waals surface area (Å²) in [4.78, 5) is 1.12. The molecule has 1 rings (SSSR count). The lowest BCUT2D eigenvalue weighted by Crippen LogP contribution is -2.37. The average Bonchev–Trinajstić information content (AvgIpc) is 2.24. The van der Waals surface area contributed by atoms with Gasteiger partial charge >= 0.3 is 0 Å². The molecule has 0 aromatic heterocycles. The van der Waals surface area contributed by atoms with Gasteiger partial charge in [0, 0.05) is 22.7 Å². The van der Waals surface area contributed by atoms with E-state index in [9.17, 15) is 0 Å². The Morgan fingerprint density at radius 2 is 2.00 bits per heavy atom. The Kier molecular flexibility index (Phi) is 5.57. The zero-order valence-electron chi connectivity index (χ0n) is 10.7. The molecule has 94 valence electrons. The fourth-order valence-corrected chi connectivity index (χ4v) is 2.32. The van der Waals surface area contributed by atoms with Crippen LogP contribution in [0.5, 0.6) is 0 Å². The summed E-state index contributed by atoms with van der Waals surface area (Å²) in [7, 11) is 0. The molecule has 0 atom stereocenters. The maximum absolute atomic E-state index is 6.09. The van der Waals surface area contributed by atoms with Gasteiger partial charge in [0.1, 0.15) is 0 Å². The monoisotopic (exact) mass is 269 g/mol. The zero-order valence-corrected chi connectivity index (χ0v) is 12.3. The summed E-state index contributed by atoms with van der Waals surface area (Å²) in [6.07, 6.45) is 0. The molecule has 0 saturated carbocycles. The smallest absolute Gasteiger partial charge is 0.0541 e. The van der Waals surface area contributed by atoms with Crippen LogP contribution in [0.25, 0.3) is 0 Å². The van der Waals surface area contributed by atoms with E-state index in [0.29, 0.717) is 0 Å². The van der Waals surface area contributed by atoms with Gasteiger partial charge in [0.05, 0.1) is 5.02 Å². The van der Waals surface area contributed by atoms with Crippen molar-refractivity contribution in [2.24, 2.45) is 0 Å². The fraction of sp³-hybridized carbons (Fsp3) is 0.429. The van der Waals surface area contributed by atoms with Crippen molar-refractivity contribution in [1.29, 1.82) is 0 Å². The summed E-state index contributed by atoms with van der Waals surface area (Å²) < 4.78 is 0. The summed E-state index contributed by atoms with van der Waals surface area (Å²) in [5, 5.41) is 4.24. The van der Waals surface area contributed by atoms with Crippen LogP contribution in [0.15, 0.2) is 41.3 Å². The first-order valence-corrected chi connectivity index (χ1v) is 7.04. The molecule has 0 aliphatic carbocycles. The molecule has 0 bridgehead atoms. The van der Waals surface area contributed by atoms with Crippen molar-refractivity contribution in [3.8, 4) is 0 Å². The molecular formula is C14H20ClNS. The Hall–Kier alpha value is -0.440. The minimum atomic E-state index is 0.137. The van der Waals surface area contributed by atoms with Crippen molar-refractivity contribution in [2.45, 2.75) is 31.2 Å². The third-order valence-corrected chi connectivity index (χ3v) is 3.80. The zero-order chi connectivity index (χ0) is 12.9. The lowest BCUT2D eigenvalue weighted by Gasteiger charge is -2.21. The molecule has 3 heteroatoms. The van der Waals surface area contributed by atoms with Gasteiger partial charge in [0.25, 0.3) is 0 Å². The predicted octanol–water partition coefficient (Wildman–Crippen LogP) is 4.38. The highest BCUT2D eigenvalue weighted by Gasteiger charge is 2.09. The molecule has 1 aromatic carbocycles. The first-order chi connectivity index (χ1) is 7.88. The minimum absolute atomic E-state index is 0.137. The van der Waals surface area contributed by atoms with Crippen LogP contribution in [-0.4, -0.2) is 17.8 Å². The lowest BCUT2D eigenvalue weighted by atomic mass is 10.1. The summed E-state index contributed by atoms with van der Waals surface area (Å²) in [6.45, 7) is 11.4. The van der Waals surface area contributed by atoms with E-state index in [0.717, 1.165) is 22.2 Å². The lowest BCUT2D eigenvalue weighted by molar-refractivity contribution is 0.445. The normalized spacial score (nSPS) is 11.5. The third-order valence-electron chi connectivity index (χ3n) is 2.14. The van der Waals surface area contributed by atoms with Crippen LogP contribution in [0.2, 0.25) is 5.02 Å².